The van der Waals surface area contributed by atoms with Gasteiger partial charge in [0.2, 0.25) is 0 Å². The van der Waals surface area contributed by atoms with Crippen molar-refractivity contribution in [3.05, 3.63) is 64.7 Å². The number of aromatic nitrogens is 3. The summed E-state index contributed by atoms with van der Waals surface area (Å²) < 4.78 is 1.46. The zero-order valence-corrected chi connectivity index (χ0v) is 14.0. The number of hydrogen-bond acceptors (Lipinski definition) is 4. The Balaban J connectivity index is 1.75. The van der Waals surface area contributed by atoms with E-state index in [4.69, 9.17) is 22.6 Å². The number of nitrogens with one attached hydrogen (secondary N) is 1. The summed E-state index contributed by atoms with van der Waals surface area (Å²) in [5.41, 5.74) is 2.01. The number of hydrogen-bond donors (Lipinski definition) is 3. The van der Waals surface area contributed by atoms with Crippen molar-refractivity contribution in [3.63, 3.8) is 0 Å². The molecule has 0 aliphatic heterocycles. The Morgan fingerprint density at radius 3 is 2.62 bits per heavy atom. The van der Waals surface area contributed by atoms with Crippen LogP contribution in [0.4, 0.5) is 0 Å². The lowest BCUT2D eigenvalue weighted by Gasteiger charge is -2.01. The predicted molar refractivity (Wildman–Crippen MR) is 92.3 cm³/mol. The van der Waals surface area contributed by atoms with Crippen LogP contribution in [0.5, 0.6) is 0 Å². The SMILES string of the molecule is N[n+]1c(SCc2ccc(C(=O)O)cc2)n[nH]c1-c1ccccc1Cl. The third-order valence-corrected chi connectivity index (χ3v) is 4.76. The van der Waals surface area contributed by atoms with Gasteiger partial charge >= 0.3 is 11.1 Å². The van der Waals surface area contributed by atoms with Crippen LogP contribution in [0.2, 0.25) is 5.02 Å². The molecule has 6 nitrogen and oxygen atoms in total. The zero-order chi connectivity index (χ0) is 17.1. The lowest BCUT2D eigenvalue weighted by molar-refractivity contribution is -0.666. The standard InChI is InChI=1S/C16H13ClN4O2S/c17-13-4-2-1-3-12(13)14-19-20-16(21(14)18)24-9-10-5-7-11(8-6-10)15(22)23/h1-8H,9,18H2,(H,22,23)/p+1. The number of aromatic carboxylic acids is 1. The van der Waals surface area contributed by atoms with E-state index in [1.165, 1.54) is 16.4 Å². The predicted octanol–water partition coefficient (Wildman–Crippen LogP) is 2.72. The Morgan fingerprint density at radius 2 is 1.96 bits per heavy atom. The molecular weight excluding hydrogens is 348 g/mol. The van der Waals surface area contributed by atoms with Crippen molar-refractivity contribution < 1.29 is 14.6 Å². The van der Waals surface area contributed by atoms with Gasteiger partial charge in [0.25, 0.3) is 5.82 Å². The molecule has 122 valence electrons. The highest BCUT2D eigenvalue weighted by atomic mass is 35.5. The molecule has 2 aromatic carbocycles. The van der Waals surface area contributed by atoms with E-state index in [1.54, 1.807) is 30.3 Å². The minimum absolute atomic E-state index is 0.262. The maximum Gasteiger partial charge on any atom is 0.358 e. The summed E-state index contributed by atoms with van der Waals surface area (Å²) in [7, 11) is 0. The van der Waals surface area contributed by atoms with Crippen molar-refractivity contribution in [3.8, 4) is 11.4 Å². The van der Waals surface area contributed by atoms with Gasteiger partial charge in [0.05, 0.1) is 21.2 Å². The Morgan fingerprint density at radius 1 is 1.25 bits per heavy atom. The van der Waals surface area contributed by atoms with Crippen LogP contribution < -0.4 is 10.5 Å². The highest BCUT2D eigenvalue weighted by molar-refractivity contribution is 7.98. The van der Waals surface area contributed by atoms with Crippen LogP contribution in [0, 0.1) is 0 Å². The Labute approximate surface area is 147 Å². The largest absolute Gasteiger partial charge is 0.478 e. The molecule has 24 heavy (non-hydrogen) atoms. The van der Waals surface area contributed by atoms with E-state index in [1.807, 2.05) is 18.2 Å². The number of benzene rings is 2. The first-order valence-corrected chi connectivity index (χ1v) is 8.38. The summed E-state index contributed by atoms with van der Waals surface area (Å²) in [6.45, 7) is 0. The van der Waals surface area contributed by atoms with Crippen molar-refractivity contribution in [2.45, 2.75) is 10.9 Å². The molecule has 0 radical (unpaired) electrons. The number of nitrogens with two attached hydrogens (primary N) is 1. The van der Waals surface area contributed by atoms with E-state index in [9.17, 15) is 4.79 Å². The maximum absolute atomic E-state index is 10.9. The number of rotatable bonds is 5. The molecule has 0 saturated carbocycles. The van der Waals surface area contributed by atoms with Crippen molar-refractivity contribution in [1.82, 2.24) is 10.2 Å². The molecule has 3 aromatic rings. The minimum Gasteiger partial charge on any atom is -0.478 e. The molecule has 1 aromatic heterocycles. The number of halogens is 1. The van der Waals surface area contributed by atoms with E-state index < -0.39 is 5.97 Å². The van der Waals surface area contributed by atoms with Crippen LogP contribution in [0.1, 0.15) is 15.9 Å². The third kappa shape index (κ3) is 3.37. The third-order valence-electron chi connectivity index (χ3n) is 3.40. The summed E-state index contributed by atoms with van der Waals surface area (Å²) in [5, 5.41) is 17.2. The van der Waals surface area contributed by atoms with Gasteiger partial charge in [0, 0.05) is 5.75 Å². The fourth-order valence-electron chi connectivity index (χ4n) is 2.14. The van der Waals surface area contributed by atoms with Gasteiger partial charge in [-0.1, -0.05) is 35.9 Å². The number of thioether (sulfide) groups is 1. The first kappa shape index (κ1) is 16.4. The van der Waals surface area contributed by atoms with Crippen LogP contribution in [0.15, 0.2) is 53.7 Å². The number of carboxylic acids is 1. The highest BCUT2D eigenvalue weighted by Crippen LogP contribution is 2.25. The molecule has 0 unspecified atom stereocenters. The molecule has 0 aliphatic carbocycles. The van der Waals surface area contributed by atoms with E-state index >= 15 is 0 Å². The fourth-order valence-corrected chi connectivity index (χ4v) is 3.19. The van der Waals surface area contributed by atoms with Crippen molar-refractivity contribution in [1.29, 1.82) is 0 Å². The Kier molecular flexibility index (Phi) is 4.73. The van der Waals surface area contributed by atoms with E-state index in [0.717, 1.165) is 11.1 Å². The second-order valence-electron chi connectivity index (χ2n) is 5.00. The summed E-state index contributed by atoms with van der Waals surface area (Å²) in [4.78, 5) is 10.9. The molecule has 0 fully saturated rings. The van der Waals surface area contributed by atoms with Gasteiger partial charge in [-0.2, -0.15) is 0 Å². The summed E-state index contributed by atoms with van der Waals surface area (Å²) in [5.74, 6) is 6.39. The molecule has 1 heterocycles. The van der Waals surface area contributed by atoms with E-state index in [-0.39, 0.29) is 5.56 Å². The molecule has 8 heteroatoms. The number of nitrogens with zero attached hydrogens (tertiary/aromatic N) is 2. The Bertz CT molecular complexity index is 880. The number of carbonyl (C=O) groups is 1. The van der Waals surface area contributed by atoms with Gasteiger partial charge < -0.3 is 5.11 Å². The molecule has 0 saturated heterocycles. The van der Waals surface area contributed by atoms with Gasteiger partial charge in [-0.05, 0) is 41.6 Å². The molecular formula is C16H14ClN4O2S+. The second-order valence-corrected chi connectivity index (χ2v) is 6.35. The molecule has 3 rings (SSSR count). The van der Waals surface area contributed by atoms with Crippen molar-refractivity contribution in [2.24, 2.45) is 0 Å². The van der Waals surface area contributed by atoms with Crippen molar-refractivity contribution in [2.75, 3.05) is 5.84 Å². The van der Waals surface area contributed by atoms with Crippen LogP contribution in [0.25, 0.3) is 11.4 Å². The molecule has 0 spiro atoms. The quantitative estimate of drug-likeness (QED) is 0.369. The first-order chi connectivity index (χ1) is 11.6. The number of aromatic amines is 1. The monoisotopic (exact) mass is 361 g/mol. The van der Waals surface area contributed by atoms with Gasteiger partial charge in [-0.25, -0.2) is 4.79 Å². The zero-order valence-electron chi connectivity index (χ0n) is 12.4. The fraction of sp³-hybridized carbons (Fsp3) is 0.0625. The van der Waals surface area contributed by atoms with Crippen LogP contribution in [-0.2, 0) is 5.75 Å². The lowest BCUT2D eigenvalue weighted by Crippen LogP contribution is -2.47. The number of H-pyrrole nitrogens is 1. The van der Waals surface area contributed by atoms with Gasteiger partial charge in [0.15, 0.2) is 0 Å². The highest BCUT2D eigenvalue weighted by Gasteiger charge is 2.21. The van der Waals surface area contributed by atoms with Gasteiger partial charge in [-0.3, -0.25) is 5.84 Å². The average Bonchev–Trinajstić information content (AvgIpc) is 2.94. The Hall–Kier alpha value is -2.51. The molecule has 0 bridgehead atoms. The summed E-state index contributed by atoms with van der Waals surface area (Å²) >= 11 is 7.62. The smallest absolute Gasteiger partial charge is 0.358 e. The normalized spacial score (nSPS) is 10.7. The average molecular weight is 362 g/mol. The topological polar surface area (TPSA) is 95.9 Å². The van der Waals surface area contributed by atoms with Crippen LogP contribution >= 0.6 is 23.4 Å². The van der Waals surface area contributed by atoms with Crippen molar-refractivity contribution >= 4 is 29.3 Å². The second kappa shape index (κ2) is 6.94. The van der Waals surface area contributed by atoms with Crippen LogP contribution in [0.3, 0.4) is 0 Å². The minimum atomic E-state index is -0.939. The molecule has 0 amide bonds. The van der Waals surface area contributed by atoms with E-state index in [2.05, 4.69) is 10.2 Å². The molecule has 0 atom stereocenters. The molecule has 0 aliphatic rings. The summed E-state index contributed by atoms with van der Waals surface area (Å²) in [6, 6.07) is 14.1. The van der Waals surface area contributed by atoms with Gasteiger partial charge in [-0.15, -0.1) is 9.77 Å². The first-order valence-electron chi connectivity index (χ1n) is 7.01. The maximum atomic E-state index is 10.9. The summed E-state index contributed by atoms with van der Waals surface area (Å²) in [6.07, 6.45) is 0. The molecule has 4 N–H and O–H groups in total. The van der Waals surface area contributed by atoms with Crippen LogP contribution in [-0.4, -0.2) is 21.3 Å². The van der Waals surface area contributed by atoms with E-state index in [0.29, 0.717) is 21.8 Å². The van der Waals surface area contributed by atoms with Gasteiger partial charge in [0.1, 0.15) is 0 Å². The number of carboxylic acid groups (broad SMARTS) is 1. The lowest BCUT2D eigenvalue weighted by atomic mass is 10.1. The number of nitrogen functional groups attached to an aromatic ring is 1.